The van der Waals surface area contributed by atoms with E-state index in [2.05, 4.69) is 252 Å². The number of hydrogen-bond donors (Lipinski definition) is 0. The Morgan fingerprint density at radius 2 is 0.627 bits per heavy atom. The Hall–Kier alpha value is -8.80. The van der Waals surface area contributed by atoms with Gasteiger partial charge in [-0.15, -0.1) is 0 Å². The maximum atomic E-state index is 7.15. The van der Waals surface area contributed by atoms with Crippen LogP contribution in [0.1, 0.15) is 0 Å². The van der Waals surface area contributed by atoms with Gasteiger partial charge >= 0.3 is 0 Å². The first kappa shape index (κ1) is 38.6. The standard InChI is InChI=1S/C62H41BN2O2/c1-5-22-42(23-6-1)46-30-17-19-36-52(46)64(44-26-9-3-10-27-44)54-40-58-60(50-34-15-13-32-48(50)54)63-61-51-35-16-14-33-49(51)55(41-59(61)67-57-39-21-38-56(66-58)62(57)63)65(45-28-11-4-12-29-45)53-37-20-18-31-47(53)43-24-7-2-8-25-43/h1-41H. The maximum Gasteiger partial charge on any atom is 0.262 e. The zero-order valence-electron chi connectivity index (χ0n) is 36.5. The van der Waals surface area contributed by atoms with Gasteiger partial charge in [-0.3, -0.25) is 0 Å². The molecule has 0 fully saturated rings. The third kappa shape index (κ3) is 6.39. The molecular weight excluding hydrogens is 816 g/mol. The molecule has 0 unspecified atom stereocenters. The van der Waals surface area contributed by atoms with Crippen molar-refractivity contribution in [1.29, 1.82) is 0 Å². The molecule has 0 bridgehead atoms. The lowest BCUT2D eigenvalue weighted by Crippen LogP contribution is -2.58. The van der Waals surface area contributed by atoms with Crippen molar-refractivity contribution in [3.8, 4) is 45.3 Å². The van der Waals surface area contributed by atoms with Crippen molar-refractivity contribution in [2.75, 3.05) is 9.80 Å². The summed E-state index contributed by atoms with van der Waals surface area (Å²) >= 11 is 0. The molecule has 2 aliphatic heterocycles. The van der Waals surface area contributed by atoms with E-state index in [4.69, 9.17) is 9.47 Å². The number of para-hydroxylation sites is 4. The zero-order chi connectivity index (χ0) is 44.3. The first-order valence-electron chi connectivity index (χ1n) is 22.9. The Morgan fingerprint density at radius 1 is 0.269 bits per heavy atom. The fraction of sp³-hybridized carbons (Fsp3) is 0. The highest BCUT2D eigenvalue weighted by Gasteiger charge is 2.43. The van der Waals surface area contributed by atoms with E-state index in [9.17, 15) is 0 Å². The predicted molar refractivity (Wildman–Crippen MR) is 279 cm³/mol. The number of nitrogens with zero attached hydrogens (tertiary/aromatic N) is 2. The SMILES string of the molecule is c1ccc(-c2ccccc2N(c2ccccc2)c2cc3c(c4ccccc24)B2c4c(cccc4Oc4cc(N(c5ccccc5)c5ccccc5-c5ccccc5)c5ccccc5c42)O3)cc1. The van der Waals surface area contributed by atoms with Crippen LogP contribution in [0, 0.1) is 0 Å². The minimum atomic E-state index is -0.194. The fourth-order valence-corrected chi connectivity index (χ4v) is 10.5. The highest BCUT2D eigenvalue weighted by Crippen LogP contribution is 2.49. The molecule has 0 amide bonds. The molecule has 4 nitrogen and oxygen atoms in total. The van der Waals surface area contributed by atoms with Crippen LogP contribution in [0.5, 0.6) is 23.0 Å². The summed E-state index contributed by atoms with van der Waals surface area (Å²) < 4.78 is 14.3. The van der Waals surface area contributed by atoms with Crippen LogP contribution in [0.15, 0.2) is 249 Å². The second-order valence-electron chi connectivity index (χ2n) is 17.1. The molecule has 0 aromatic heterocycles. The van der Waals surface area contributed by atoms with Crippen LogP contribution in [-0.2, 0) is 0 Å². The molecule has 0 aliphatic carbocycles. The fourth-order valence-electron chi connectivity index (χ4n) is 10.5. The molecule has 11 aromatic carbocycles. The van der Waals surface area contributed by atoms with Gasteiger partial charge in [-0.05, 0) is 81.4 Å². The van der Waals surface area contributed by atoms with E-state index >= 15 is 0 Å². The van der Waals surface area contributed by atoms with Crippen molar-refractivity contribution in [1.82, 2.24) is 0 Å². The van der Waals surface area contributed by atoms with Crippen LogP contribution in [0.3, 0.4) is 0 Å². The molecular formula is C62H41BN2O2. The van der Waals surface area contributed by atoms with E-state index in [1.54, 1.807) is 0 Å². The molecule has 0 saturated carbocycles. The highest BCUT2D eigenvalue weighted by molar-refractivity contribution is 7.01. The summed E-state index contributed by atoms with van der Waals surface area (Å²) in [4.78, 5) is 4.79. The number of benzene rings is 11. The number of fused-ring (bicyclic) bond motifs is 8. The van der Waals surface area contributed by atoms with Crippen molar-refractivity contribution in [2.45, 2.75) is 0 Å². The number of anilines is 6. The number of ether oxygens (including phenoxy) is 2. The minimum Gasteiger partial charge on any atom is -0.458 e. The summed E-state index contributed by atoms with van der Waals surface area (Å²) in [6.45, 7) is -0.194. The Bertz CT molecular complexity index is 3420. The average Bonchev–Trinajstić information content (AvgIpc) is 3.40. The summed E-state index contributed by atoms with van der Waals surface area (Å²) in [7, 11) is 0. The Morgan fingerprint density at radius 3 is 1.06 bits per heavy atom. The lowest BCUT2D eigenvalue weighted by molar-refractivity contribution is 0.465. The van der Waals surface area contributed by atoms with E-state index in [0.29, 0.717) is 0 Å². The minimum absolute atomic E-state index is 0.194. The van der Waals surface area contributed by atoms with Gasteiger partial charge in [0.15, 0.2) is 0 Å². The van der Waals surface area contributed by atoms with Crippen LogP contribution in [0.2, 0.25) is 0 Å². The number of hydrogen-bond acceptors (Lipinski definition) is 4. The third-order valence-corrected chi connectivity index (χ3v) is 13.4. The Balaban J connectivity index is 1.07. The van der Waals surface area contributed by atoms with Crippen LogP contribution < -0.4 is 35.7 Å². The topological polar surface area (TPSA) is 24.9 Å². The molecule has 0 radical (unpaired) electrons. The molecule has 0 saturated heterocycles. The monoisotopic (exact) mass is 856 g/mol. The van der Waals surface area contributed by atoms with Crippen LogP contribution in [0.25, 0.3) is 43.8 Å². The van der Waals surface area contributed by atoms with Crippen molar-refractivity contribution in [2.24, 2.45) is 0 Å². The van der Waals surface area contributed by atoms with E-state index in [1.807, 2.05) is 6.07 Å². The van der Waals surface area contributed by atoms with Crippen molar-refractivity contribution >= 4 is 78.8 Å². The molecule has 0 spiro atoms. The van der Waals surface area contributed by atoms with Crippen molar-refractivity contribution < 1.29 is 9.47 Å². The van der Waals surface area contributed by atoms with Gasteiger partial charge in [0, 0.05) is 50.9 Å². The van der Waals surface area contributed by atoms with E-state index < -0.39 is 0 Å². The summed E-state index contributed by atoms with van der Waals surface area (Å²) in [5.74, 6) is 3.25. The first-order valence-corrected chi connectivity index (χ1v) is 22.9. The smallest absolute Gasteiger partial charge is 0.262 e. The molecule has 2 heterocycles. The maximum absolute atomic E-state index is 7.15. The molecule has 0 N–H and O–H groups in total. The van der Waals surface area contributed by atoms with Gasteiger partial charge in [0.25, 0.3) is 6.71 Å². The van der Waals surface area contributed by atoms with Crippen molar-refractivity contribution in [3.05, 3.63) is 249 Å². The molecule has 5 heteroatoms. The molecule has 67 heavy (non-hydrogen) atoms. The second kappa shape index (κ2) is 16.0. The second-order valence-corrected chi connectivity index (χ2v) is 17.1. The van der Waals surface area contributed by atoms with Gasteiger partial charge in [0.1, 0.15) is 23.0 Å². The van der Waals surface area contributed by atoms with Gasteiger partial charge < -0.3 is 19.3 Å². The Kier molecular flexibility index (Phi) is 9.24. The lowest BCUT2D eigenvalue weighted by atomic mass is 9.33. The van der Waals surface area contributed by atoms with Gasteiger partial charge in [0.05, 0.1) is 22.7 Å². The predicted octanol–water partition coefficient (Wildman–Crippen LogP) is 15.0. The third-order valence-electron chi connectivity index (χ3n) is 13.4. The summed E-state index contributed by atoms with van der Waals surface area (Å²) in [5, 5.41) is 4.50. The van der Waals surface area contributed by atoms with Crippen LogP contribution >= 0.6 is 0 Å². The summed E-state index contributed by atoms with van der Waals surface area (Å²) in [5.41, 5.74) is 14.2. The normalized spacial score (nSPS) is 12.1. The van der Waals surface area contributed by atoms with E-state index in [1.165, 1.54) is 0 Å². The van der Waals surface area contributed by atoms with Gasteiger partial charge in [-0.25, -0.2) is 0 Å². The van der Waals surface area contributed by atoms with Crippen molar-refractivity contribution in [3.63, 3.8) is 0 Å². The zero-order valence-corrected chi connectivity index (χ0v) is 36.5. The van der Waals surface area contributed by atoms with E-state index in [0.717, 1.165) is 117 Å². The van der Waals surface area contributed by atoms with Crippen LogP contribution in [0.4, 0.5) is 34.1 Å². The van der Waals surface area contributed by atoms with E-state index in [-0.39, 0.29) is 6.71 Å². The van der Waals surface area contributed by atoms with Gasteiger partial charge in [-0.1, -0.05) is 188 Å². The Labute approximate surface area is 390 Å². The molecule has 2 aliphatic rings. The van der Waals surface area contributed by atoms with Gasteiger partial charge in [0.2, 0.25) is 0 Å². The lowest BCUT2D eigenvalue weighted by Gasteiger charge is -2.37. The molecule has 0 atom stereocenters. The quantitative estimate of drug-likeness (QED) is 0.142. The van der Waals surface area contributed by atoms with Crippen LogP contribution in [-0.4, -0.2) is 6.71 Å². The summed E-state index contributed by atoms with van der Waals surface area (Å²) in [6.07, 6.45) is 0. The largest absolute Gasteiger partial charge is 0.458 e. The van der Waals surface area contributed by atoms with Gasteiger partial charge in [-0.2, -0.15) is 0 Å². The molecule has 314 valence electrons. The molecule has 13 rings (SSSR count). The average molecular weight is 857 g/mol. The highest BCUT2D eigenvalue weighted by atomic mass is 16.5. The summed E-state index contributed by atoms with van der Waals surface area (Å²) in [6, 6.07) is 88.5. The number of rotatable bonds is 8. The molecule has 11 aromatic rings. The first-order chi connectivity index (χ1) is 33.3.